The first-order chi connectivity index (χ1) is 10.3. The number of ketones is 1. The van der Waals surface area contributed by atoms with Crippen LogP contribution in [0.3, 0.4) is 0 Å². The second kappa shape index (κ2) is 5.94. The van der Waals surface area contributed by atoms with Gasteiger partial charge >= 0.3 is 0 Å². The lowest BCUT2D eigenvalue weighted by molar-refractivity contribution is -0.384. The molecule has 7 nitrogen and oxygen atoms in total. The number of non-ortho nitro benzene ring substituents is 1. The Bertz CT molecular complexity index is 811. The lowest BCUT2D eigenvalue weighted by atomic mass is 10.1. The number of rotatable bonds is 5. The number of nitrogen functional groups attached to an aromatic ring is 1. The number of nitro benzene ring substituents is 1. The average Bonchev–Trinajstić information content (AvgIpc) is 2.47. The van der Waals surface area contributed by atoms with Crippen LogP contribution >= 0.6 is 0 Å². The number of nitrogens with zero attached hydrogens (tertiary/aromatic N) is 1. The zero-order valence-corrected chi connectivity index (χ0v) is 12.1. The lowest BCUT2D eigenvalue weighted by Crippen LogP contribution is -2.16. The van der Waals surface area contributed by atoms with Crippen molar-refractivity contribution in [3.8, 4) is 0 Å². The number of benzene rings is 2. The zero-order valence-electron chi connectivity index (χ0n) is 11.3. The third-order valence-electron chi connectivity index (χ3n) is 2.96. The second-order valence-electron chi connectivity index (χ2n) is 4.56. The predicted molar refractivity (Wildman–Crippen MR) is 80.3 cm³/mol. The summed E-state index contributed by atoms with van der Waals surface area (Å²) in [5.41, 5.74) is 5.98. The first-order valence-corrected chi connectivity index (χ1v) is 7.81. The topological polar surface area (TPSA) is 120 Å². The molecule has 0 amide bonds. The van der Waals surface area contributed by atoms with Crippen LogP contribution in [0, 0.1) is 10.1 Å². The SMILES string of the molecule is Nc1ccc(C(=O)CS(=O)(=O)c2ccc([N+](=O)[O-])cc2)cc1. The maximum absolute atomic E-state index is 12.1. The molecule has 0 aliphatic heterocycles. The van der Waals surface area contributed by atoms with E-state index in [0.717, 1.165) is 24.3 Å². The van der Waals surface area contributed by atoms with Gasteiger partial charge in [-0.15, -0.1) is 0 Å². The third kappa shape index (κ3) is 3.47. The van der Waals surface area contributed by atoms with Crippen LogP contribution in [0.4, 0.5) is 11.4 Å². The highest BCUT2D eigenvalue weighted by Crippen LogP contribution is 2.18. The number of carbonyl (C=O) groups excluding carboxylic acids is 1. The fraction of sp³-hybridized carbons (Fsp3) is 0.0714. The number of nitrogens with two attached hydrogens (primary N) is 1. The predicted octanol–water partition coefficient (Wildman–Crippen LogP) is 1.83. The van der Waals surface area contributed by atoms with Crippen LogP contribution in [0.2, 0.25) is 0 Å². The number of sulfone groups is 1. The third-order valence-corrected chi connectivity index (χ3v) is 4.59. The Hall–Kier alpha value is -2.74. The lowest BCUT2D eigenvalue weighted by Gasteiger charge is -2.04. The first kappa shape index (κ1) is 15.6. The Morgan fingerprint density at radius 3 is 2.09 bits per heavy atom. The van der Waals surface area contributed by atoms with Crippen molar-refractivity contribution in [1.82, 2.24) is 0 Å². The van der Waals surface area contributed by atoms with Gasteiger partial charge in [0.25, 0.3) is 5.69 Å². The van der Waals surface area contributed by atoms with E-state index in [4.69, 9.17) is 5.73 Å². The van der Waals surface area contributed by atoms with Crippen molar-refractivity contribution in [1.29, 1.82) is 0 Å². The van der Waals surface area contributed by atoms with Crippen molar-refractivity contribution >= 4 is 27.0 Å². The minimum Gasteiger partial charge on any atom is -0.399 e. The van der Waals surface area contributed by atoms with Gasteiger partial charge in [-0.25, -0.2) is 8.42 Å². The summed E-state index contributed by atoms with van der Waals surface area (Å²) in [6.45, 7) is 0. The smallest absolute Gasteiger partial charge is 0.269 e. The molecular weight excluding hydrogens is 308 g/mol. The summed E-state index contributed by atoms with van der Waals surface area (Å²) in [6, 6.07) is 10.3. The van der Waals surface area contributed by atoms with E-state index in [0.29, 0.717) is 5.69 Å². The Labute approximate surface area is 126 Å². The molecule has 0 saturated carbocycles. The highest BCUT2D eigenvalue weighted by atomic mass is 32.2. The quantitative estimate of drug-likeness (QED) is 0.388. The van der Waals surface area contributed by atoms with Gasteiger partial charge < -0.3 is 5.73 Å². The normalized spacial score (nSPS) is 11.1. The number of anilines is 1. The van der Waals surface area contributed by atoms with Gasteiger partial charge in [0, 0.05) is 23.4 Å². The maximum atomic E-state index is 12.1. The van der Waals surface area contributed by atoms with Crippen molar-refractivity contribution in [3.05, 3.63) is 64.2 Å². The Morgan fingerprint density at radius 1 is 1.05 bits per heavy atom. The van der Waals surface area contributed by atoms with Crippen molar-refractivity contribution in [2.24, 2.45) is 0 Å². The molecule has 0 heterocycles. The van der Waals surface area contributed by atoms with Crippen LogP contribution in [-0.4, -0.2) is 24.9 Å². The fourth-order valence-corrected chi connectivity index (χ4v) is 3.01. The molecule has 0 aliphatic rings. The minimum atomic E-state index is -3.86. The molecule has 0 bridgehead atoms. The number of Topliss-reactive ketones (excluding diaryl/α,β-unsaturated/α-hetero) is 1. The van der Waals surface area contributed by atoms with Crippen LogP contribution < -0.4 is 5.73 Å². The number of hydrogen-bond acceptors (Lipinski definition) is 6. The van der Waals surface area contributed by atoms with E-state index in [1.54, 1.807) is 0 Å². The highest BCUT2D eigenvalue weighted by molar-refractivity contribution is 7.92. The monoisotopic (exact) mass is 320 g/mol. The van der Waals surface area contributed by atoms with Gasteiger partial charge in [0.2, 0.25) is 0 Å². The van der Waals surface area contributed by atoms with E-state index in [-0.39, 0.29) is 16.1 Å². The van der Waals surface area contributed by atoms with Gasteiger partial charge in [-0.1, -0.05) is 0 Å². The van der Waals surface area contributed by atoms with E-state index in [1.807, 2.05) is 0 Å². The standard InChI is InChI=1S/C14H12N2O5S/c15-11-3-1-10(2-4-11)14(17)9-22(20,21)13-7-5-12(6-8-13)16(18)19/h1-8H,9,15H2. The molecular formula is C14H12N2O5S. The van der Waals surface area contributed by atoms with Crippen LogP contribution in [0.25, 0.3) is 0 Å². The zero-order chi connectivity index (χ0) is 16.3. The molecule has 22 heavy (non-hydrogen) atoms. The summed E-state index contributed by atoms with van der Waals surface area (Å²) in [6.07, 6.45) is 0. The van der Waals surface area contributed by atoms with E-state index in [1.165, 1.54) is 24.3 Å². The van der Waals surface area contributed by atoms with Gasteiger partial charge in [0.15, 0.2) is 15.6 Å². The molecule has 0 atom stereocenters. The second-order valence-corrected chi connectivity index (χ2v) is 6.54. The average molecular weight is 320 g/mol. The van der Waals surface area contributed by atoms with Crippen LogP contribution in [0.1, 0.15) is 10.4 Å². The highest BCUT2D eigenvalue weighted by Gasteiger charge is 2.21. The van der Waals surface area contributed by atoms with Crippen molar-refractivity contribution in [3.63, 3.8) is 0 Å². The number of hydrogen-bond donors (Lipinski definition) is 1. The number of nitro groups is 1. The fourth-order valence-electron chi connectivity index (χ4n) is 1.78. The molecule has 2 rings (SSSR count). The van der Waals surface area contributed by atoms with Crippen molar-refractivity contribution < 1.29 is 18.1 Å². The summed E-state index contributed by atoms with van der Waals surface area (Å²) >= 11 is 0. The summed E-state index contributed by atoms with van der Waals surface area (Å²) in [5, 5.41) is 10.5. The molecule has 0 fully saturated rings. The van der Waals surface area contributed by atoms with Crippen molar-refractivity contribution in [2.75, 3.05) is 11.5 Å². The summed E-state index contributed by atoms with van der Waals surface area (Å²) < 4.78 is 24.3. The molecule has 0 aromatic heterocycles. The van der Waals surface area contributed by atoms with Gasteiger partial charge in [-0.3, -0.25) is 14.9 Å². The molecule has 0 spiro atoms. The Kier molecular flexibility index (Phi) is 4.22. The Balaban J connectivity index is 2.21. The van der Waals surface area contributed by atoms with Gasteiger partial charge in [0.1, 0.15) is 5.75 Å². The van der Waals surface area contributed by atoms with Gasteiger partial charge in [-0.05, 0) is 36.4 Å². The van der Waals surface area contributed by atoms with Crippen LogP contribution in [0.15, 0.2) is 53.4 Å². The van der Waals surface area contributed by atoms with Gasteiger partial charge in [-0.2, -0.15) is 0 Å². The maximum Gasteiger partial charge on any atom is 0.269 e. The molecule has 0 radical (unpaired) electrons. The van der Waals surface area contributed by atoms with Crippen molar-refractivity contribution in [2.45, 2.75) is 4.90 Å². The minimum absolute atomic E-state index is 0.137. The van der Waals surface area contributed by atoms with Gasteiger partial charge in [0.05, 0.1) is 9.82 Å². The van der Waals surface area contributed by atoms with Crippen LogP contribution in [-0.2, 0) is 9.84 Å². The summed E-state index contributed by atoms with van der Waals surface area (Å²) in [5.74, 6) is -1.28. The molecule has 0 aliphatic carbocycles. The molecule has 2 aromatic carbocycles. The van der Waals surface area contributed by atoms with E-state index < -0.39 is 26.3 Å². The molecule has 8 heteroatoms. The molecule has 2 N–H and O–H groups in total. The molecule has 0 saturated heterocycles. The van der Waals surface area contributed by atoms with E-state index in [2.05, 4.69) is 0 Å². The molecule has 0 unspecified atom stereocenters. The van der Waals surface area contributed by atoms with Crippen LogP contribution in [0.5, 0.6) is 0 Å². The first-order valence-electron chi connectivity index (χ1n) is 6.15. The largest absolute Gasteiger partial charge is 0.399 e. The number of carbonyl (C=O) groups is 1. The Morgan fingerprint density at radius 2 is 1.59 bits per heavy atom. The molecule has 114 valence electrons. The summed E-state index contributed by atoms with van der Waals surface area (Å²) in [4.78, 5) is 21.8. The van der Waals surface area contributed by atoms with E-state index in [9.17, 15) is 23.3 Å². The van der Waals surface area contributed by atoms with E-state index >= 15 is 0 Å². The molecule has 2 aromatic rings. The summed E-state index contributed by atoms with van der Waals surface area (Å²) in [7, 11) is -3.86.